The molecule has 2 aromatic heterocycles. The molecule has 3 aliphatic heterocycles. The van der Waals surface area contributed by atoms with Crippen molar-refractivity contribution in [3.8, 4) is 17.1 Å². The molecule has 0 aliphatic carbocycles. The smallest absolute Gasteiger partial charge is 0.416 e. The van der Waals surface area contributed by atoms with Crippen LogP contribution in [0.1, 0.15) is 25.8 Å². The van der Waals surface area contributed by atoms with Crippen LogP contribution in [0.4, 0.5) is 35.2 Å². The molecule has 2 fully saturated rings. The highest BCUT2D eigenvalue weighted by atomic mass is 19.4. The number of alkyl halides is 3. The first kappa shape index (κ1) is 26.3. The van der Waals surface area contributed by atoms with Gasteiger partial charge in [0.1, 0.15) is 18.5 Å². The van der Waals surface area contributed by atoms with E-state index in [9.17, 15) is 18.0 Å². The van der Waals surface area contributed by atoms with Gasteiger partial charge in [-0.3, -0.25) is 9.88 Å². The van der Waals surface area contributed by atoms with E-state index in [1.54, 1.807) is 17.2 Å². The lowest BCUT2D eigenvalue weighted by atomic mass is 10.1. The van der Waals surface area contributed by atoms with Crippen LogP contribution in [-0.2, 0) is 15.7 Å². The van der Waals surface area contributed by atoms with E-state index in [1.165, 1.54) is 24.5 Å². The van der Waals surface area contributed by atoms with Crippen LogP contribution >= 0.6 is 0 Å². The lowest BCUT2D eigenvalue weighted by Gasteiger charge is -2.35. The minimum atomic E-state index is -4.50. The molecule has 0 unspecified atom stereocenters. The van der Waals surface area contributed by atoms with Gasteiger partial charge in [0.2, 0.25) is 0 Å². The fraction of sp³-hybridized carbons (Fsp3) is 0.407. The minimum Gasteiger partial charge on any atom is -0.489 e. The number of ether oxygens (including phenoxy) is 3. The van der Waals surface area contributed by atoms with Gasteiger partial charge in [0, 0.05) is 24.7 Å². The molecular weight excluding hydrogens is 529 g/mol. The zero-order chi connectivity index (χ0) is 28.1. The van der Waals surface area contributed by atoms with E-state index >= 15 is 0 Å². The molecule has 40 heavy (non-hydrogen) atoms. The van der Waals surface area contributed by atoms with Crippen LogP contribution in [-0.4, -0.2) is 65.2 Å². The number of pyridine rings is 1. The summed E-state index contributed by atoms with van der Waals surface area (Å²) in [6.45, 7) is 5.65. The van der Waals surface area contributed by atoms with Gasteiger partial charge in [-0.05, 0) is 32.4 Å². The van der Waals surface area contributed by atoms with Crippen LogP contribution < -0.4 is 19.9 Å². The van der Waals surface area contributed by atoms with Gasteiger partial charge in [-0.15, -0.1) is 0 Å². The molecule has 3 aromatic rings. The summed E-state index contributed by atoms with van der Waals surface area (Å²) in [4.78, 5) is 30.3. The Kier molecular flexibility index (Phi) is 6.50. The third-order valence-electron chi connectivity index (χ3n) is 6.98. The molecular formula is C27H27F3N6O4. The summed E-state index contributed by atoms with van der Waals surface area (Å²) in [5.41, 5.74) is 0.479. The molecule has 13 heteroatoms. The summed E-state index contributed by atoms with van der Waals surface area (Å²) < 4.78 is 57.0. The second-order valence-electron chi connectivity index (χ2n) is 10.3. The highest BCUT2D eigenvalue weighted by Gasteiger charge is 2.41. The third-order valence-corrected chi connectivity index (χ3v) is 6.98. The first-order valence-corrected chi connectivity index (χ1v) is 12.9. The van der Waals surface area contributed by atoms with Gasteiger partial charge < -0.3 is 24.4 Å². The standard InChI is InChI=1S/C27H27F3N6O4/c1-26(2)39-15-21(40-26)14-38-20-9-18(10-31-11-20)33-25(37)36-19-6-7-35(13-19)22-12-32-23(34-24(22)36)16-4-3-5-17(8-16)27(28,29)30/h3-5,8-12,19,21H,6-7,13-15H2,1-2H3,(H,33,37)/t19-,21-/m0/s1. The van der Waals surface area contributed by atoms with Crippen molar-refractivity contribution < 1.29 is 32.2 Å². The average Bonchev–Trinajstić information content (AvgIpc) is 3.50. The zero-order valence-corrected chi connectivity index (χ0v) is 21.8. The second kappa shape index (κ2) is 9.89. The summed E-state index contributed by atoms with van der Waals surface area (Å²) in [5, 5.41) is 2.87. The second-order valence-corrected chi connectivity index (χ2v) is 10.3. The SMILES string of the molecule is CC1(C)OC[C@H](COc2cncc(NC(=O)N3c4nc(-c5cccc(C(F)(F)F)c5)ncc4N4CC[C@H]3C4)c2)O1. The van der Waals surface area contributed by atoms with E-state index in [4.69, 9.17) is 14.2 Å². The van der Waals surface area contributed by atoms with Gasteiger partial charge in [0.15, 0.2) is 17.4 Å². The van der Waals surface area contributed by atoms with Gasteiger partial charge in [-0.2, -0.15) is 13.2 Å². The number of anilines is 3. The topological polar surface area (TPSA) is 102 Å². The van der Waals surface area contributed by atoms with Gasteiger partial charge >= 0.3 is 12.2 Å². The number of carbonyl (C=O) groups is 1. The van der Waals surface area contributed by atoms with Crippen molar-refractivity contribution in [1.82, 2.24) is 15.0 Å². The monoisotopic (exact) mass is 556 g/mol. The quantitative estimate of drug-likeness (QED) is 0.482. The molecule has 6 rings (SSSR count). The number of fused-ring (bicyclic) bond motifs is 4. The van der Waals surface area contributed by atoms with Crippen LogP contribution in [0.5, 0.6) is 5.75 Å². The highest BCUT2D eigenvalue weighted by molar-refractivity contribution is 6.04. The minimum absolute atomic E-state index is 0.100. The molecule has 2 amide bonds. The Balaban J connectivity index is 1.22. The lowest BCUT2D eigenvalue weighted by Crippen LogP contribution is -2.48. The maximum absolute atomic E-state index is 13.6. The van der Waals surface area contributed by atoms with Crippen LogP contribution in [0.25, 0.3) is 11.4 Å². The average molecular weight is 557 g/mol. The summed E-state index contributed by atoms with van der Waals surface area (Å²) in [6.07, 6.45) is 0.588. The van der Waals surface area contributed by atoms with Crippen molar-refractivity contribution in [1.29, 1.82) is 0 Å². The zero-order valence-electron chi connectivity index (χ0n) is 21.8. The predicted molar refractivity (Wildman–Crippen MR) is 139 cm³/mol. The molecule has 2 saturated heterocycles. The van der Waals surface area contributed by atoms with Gasteiger partial charge in [-0.25, -0.2) is 14.8 Å². The maximum atomic E-state index is 13.6. The molecule has 10 nitrogen and oxygen atoms in total. The number of hydrogen-bond donors (Lipinski definition) is 1. The number of benzene rings is 1. The van der Waals surface area contributed by atoms with E-state index < -0.39 is 23.6 Å². The molecule has 2 atom stereocenters. The molecule has 1 N–H and O–H groups in total. The van der Waals surface area contributed by atoms with Crippen molar-refractivity contribution in [2.75, 3.05) is 41.4 Å². The molecule has 0 saturated carbocycles. The number of nitrogens with zero attached hydrogens (tertiary/aromatic N) is 5. The lowest BCUT2D eigenvalue weighted by molar-refractivity contribution is -0.141. The third kappa shape index (κ3) is 5.26. The van der Waals surface area contributed by atoms with Crippen molar-refractivity contribution in [3.63, 3.8) is 0 Å². The maximum Gasteiger partial charge on any atom is 0.416 e. The van der Waals surface area contributed by atoms with Gasteiger partial charge in [0.05, 0.1) is 48.2 Å². The Morgan fingerprint density at radius 3 is 2.85 bits per heavy atom. The van der Waals surface area contributed by atoms with Crippen LogP contribution in [0, 0.1) is 0 Å². The molecule has 0 radical (unpaired) electrons. The number of urea groups is 1. The van der Waals surface area contributed by atoms with Crippen molar-refractivity contribution in [2.24, 2.45) is 0 Å². The summed E-state index contributed by atoms with van der Waals surface area (Å²) in [6, 6.07) is 5.89. The van der Waals surface area contributed by atoms with Crippen molar-refractivity contribution in [3.05, 3.63) is 54.5 Å². The number of amides is 2. The van der Waals surface area contributed by atoms with Crippen LogP contribution in [0.15, 0.2) is 48.9 Å². The normalized spacial score (nSPS) is 21.3. The molecule has 210 valence electrons. The van der Waals surface area contributed by atoms with Gasteiger partial charge in [-0.1, -0.05) is 12.1 Å². The fourth-order valence-electron chi connectivity index (χ4n) is 5.13. The Morgan fingerprint density at radius 2 is 2.08 bits per heavy atom. The number of nitrogens with one attached hydrogen (secondary N) is 1. The summed E-state index contributed by atoms with van der Waals surface area (Å²) in [5.74, 6) is 0.234. The Labute approximate surface area is 228 Å². The predicted octanol–water partition coefficient (Wildman–Crippen LogP) is 4.72. The van der Waals surface area contributed by atoms with Crippen LogP contribution in [0.3, 0.4) is 0 Å². The summed E-state index contributed by atoms with van der Waals surface area (Å²) >= 11 is 0. The highest BCUT2D eigenvalue weighted by Crippen LogP contribution is 2.40. The largest absolute Gasteiger partial charge is 0.489 e. The first-order valence-electron chi connectivity index (χ1n) is 12.9. The molecule has 1 aromatic carbocycles. The van der Waals surface area contributed by atoms with E-state index in [2.05, 4.69) is 25.2 Å². The Morgan fingerprint density at radius 1 is 1.23 bits per heavy atom. The van der Waals surface area contributed by atoms with E-state index in [-0.39, 0.29) is 30.1 Å². The number of rotatable bonds is 5. The first-order chi connectivity index (χ1) is 19.1. The Bertz CT molecular complexity index is 1440. The number of aromatic nitrogens is 3. The fourth-order valence-corrected chi connectivity index (χ4v) is 5.13. The number of halogens is 3. The van der Waals surface area contributed by atoms with E-state index in [0.717, 1.165) is 12.1 Å². The number of hydrogen-bond acceptors (Lipinski definition) is 8. The van der Waals surface area contributed by atoms with Gasteiger partial charge in [0.25, 0.3) is 0 Å². The van der Waals surface area contributed by atoms with Crippen molar-refractivity contribution in [2.45, 2.75) is 44.4 Å². The van der Waals surface area contributed by atoms with Crippen molar-refractivity contribution >= 4 is 23.2 Å². The van der Waals surface area contributed by atoms with Crippen LogP contribution in [0.2, 0.25) is 0 Å². The molecule has 2 bridgehead atoms. The van der Waals surface area contributed by atoms with E-state index in [1.807, 2.05) is 13.8 Å². The molecule has 3 aliphatic rings. The molecule has 0 spiro atoms. The number of carbonyl (C=O) groups excluding carboxylic acids is 1. The molecule has 5 heterocycles. The summed E-state index contributed by atoms with van der Waals surface area (Å²) in [7, 11) is 0. The Hall–Kier alpha value is -3.97. The van der Waals surface area contributed by atoms with E-state index in [0.29, 0.717) is 49.1 Å².